The lowest BCUT2D eigenvalue weighted by molar-refractivity contribution is -0.870. The lowest BCUT2D eigenvalue weighted by atomic mass is 9.88. The summed E-state index contributed by atoms with van der Waals surface area (Å²) in [4.78, 5) is 0. The smallest absolute Gasteiger partial charge is 0.331 e. The maximum atomic E-state index is 13.6. The zero-order valence-corrected chi connectivity index (χ0v) is 16.6. The maximum Gasteiger partial charge on any atom is 0.431 e. The van der Waals surface area contributed by atoms with E-state index in [-0.39, 0.29) is 13.0 Å². The van der Waals surface area contributed by atoms with Crippen LogP contribution in [0.2, 0.25) is 0 Å². The number of halogens is 10. The summed E-state index contributed by atoms with van der Waals surface area (Å²) >= 11 is 0. The van der Waals surface area contributed by atoms with Crippen molar-refractivity contribution in [3.05, 3.63) is 0 Å². The highest BCUT2D eigenvalue weighted by Crippen LogP contribution is 2.52. The average molecular weight is 473 g/mol. The minimum absolute atomic E-state index is 0.188. The zero-order valence-electron chi connectivity index (χ0n) is 15.8. The van der Waals surface area contributed by atoms with Gasteiger partial charge in [0, 0.05) is 19.4 Å². The van der Waals surface area contributed by atoms with Gasteiger partial charge in [0.05, 0.1) is 39.4 Å². The summed E-state index contributed by atoms with van der Waals surface area (Å²) in [7, 11) is 0.931. The van der Waals surface area contributed by atoms with E-state index in [4.69, 9.17) is 0 Å². The molecule has 1 N–H and O–H groups in total. The third-order valence-corrected chi connectivity index (χ3v) is 5.37. The number of alkyl halides is 10. The van der Waals surface area contributed by atoms with E-state index in [1.807, 2.05) is 4.72 Å². The van der Waals surface area contributed by atoms with Crippen LogP contribution in [-0.4, -0.2) is 77.1 Å². The van der Waals surface area contributed by atoms with E-state index in [1.54, 1.807) is 21.1 Å². The third-order valence-electron chi connectivity index (χ3n) is 3.95. The van der Waals surface area contributed by atoms with Crippen LogP contribution in [0.3, 0.4) is 0 Å². The van der Waals surface area contributed by atoms with Crippen LogP contribution < -0.4 is 4.72 Å². The van der Waals surface area contributed by atoms with Crippen LogP contribution in [0, 0.1) is 5.92 Å². The van der Waals surface area contributed by atoms with Crippen LogP contribution in [-0.2, 0) is 10.0 Å². The standard InChI is InChI=1S/C14H23F10N2O2S/c1-26(2,3)7-4-6-25-29(27,28)8-5-10(12(16,17)18)9-11(15,13(19,20)21)14(22,23)24/h10,25H,4-9H2,1-3H3/q+1. The van der Waals surface area contributed by atoms with Crippen LogP contribution in [0.1, 0.15) is 19.3 Å². The lowest BCUT2D eigenvalue weighted by Gasteiger charge is -2.33. The summed E-state index contributed by atoms with van der Waals surface area (Å²) in [5.74, 6) is -4.88. The molecule has 0 aromatic rings. The Kier molecular flexibility index (Phi) is 8.86. The van der Waals surface area contributed by atoms with Crippen molar-refractivity contribution in [2.24, 2.45) is 5.92 Å². The van der Waals surface area contributed by atoms with Gasteiger partial charge >= 0.3 is 18.5 Å². The van der Waals surface area contributed by atoms with Crippen LogP contribution in [0.15, 0.2) is 0 Å². The summed E-state index contributed by atoms with van der Waals surface area (Å²) in [6, 6.07) is 0. The van der Waals surface area contributed by atoms with E-state index in [0.717, 1.165) is 0 Å². The molecule has 4 nitrogen and oxygen atoms in total. The summed E-state index contributed by atoms with van der Waals surface area (Å²) in [5.41, 5.74) is -6.12. The molecule has 0 rings (SSSR count). The van der Waals surface area contributed by atoms with Crippen molar-refractivity contribution < 1.29 is 56.8 Å². The van der Waals surface area contributed by atoms with Crippen LogP contribution >= 0.6 is 0 Å². The number of nitrogens with one attached hydrogen (secondary N) is 1. The second kappa shape index (κ2) is 9.12. The Hall–Kier alpha value is -0.830. The Morgan fingerprint density at radius 2 is 1.31 bits per heavy atom. The molecule has 0 aliphatic rings. The van der Waals surface area contributed by atoms with Gasteiger partial charge in [0.2, 0.25) is 10.0 Å². The monoisotopic (exact) mass is 473 g/mol. The van der Waals surface area contributed by atoms with Crippen molar-refractivity contribution in [3.63, 3.8) is 0 Å². The van der Waals surface area contributed by atoms with Crippen molar-refractivity contribution in [3.8, 4) is 0 Å². The molecule has 0 radical (unpaired) electrons. The predicted molar refractivity (Wildman–Crippen MR) is 84.0 cm³/mol. The Balaban J connectivity index is 5.25. The van der Waals surface area contributed by atoms with Gasteiger partial charge in [-0.15, -0.1) is 0 Å². The van der Waals surface area contributed by atoms with Gasteiger partial charge in [0.25, 0.3) is 5.67 Å². The number of sulfonamides is 1. The zero-order chi connectivity index (χ0) is 23.5. The van der Waals surface area contributed by atoms with E-state index in [9.17, 15) is 52.3 Å². The van der Waals surface area contributed by atoms with Crippen molar-refractivity contribution in [2.45, 2.75) is 43.5 Å². The molecule has 0 spiro atoms. The number of nitrogens with zero attached hydrogens (tertiary/aromatic N) is 1. The molecule has 0 saturated carbocycles. The molecule has 0 aliphatic carbocycles. The summed E-state index contributed by atoms with van der Waals surface area (Å²) in [5, 5.41) is 0. The number of rotatable bonds is 10. The minimum atomic E-state index is -6.66. The van der Waals surface area contributed by atoms with Crippen LogP contribution in [0.4, 0.5) is 43.9 Å². The SMILES string of the molecule is C[N+](C)(C)CCCNS(=O)(=O)CCC(CC(F)(C(F)(F)F)C(F)(F)F)C(F)(F)F. The molecule has 1 atom stereocenters. The van der Waals surface area contributed by atoms with Gasteiger partial charge in [-0.3, -0.25) is 0 Å². The molecule has 0 aromatic heterocycles. The van der Waals surface area contributed by atoms with Gasteiger partial charge in [0.1, 0.15) is 0 Å². The van der Waals surface area contributed by atoms with E-state index >= 15 is 0 Å². The third kappa shape index (κ3) is 9.24. The van der Waals surface area contributed by atoms with Crippen molar-refractivity contribution in [1.29, 1.82) is 0 Å². The van der Waals surface area contributed by atoms with Gasteiger partial charge < -0.3 is 4.48 Å². The first-order chi connectivity index (χ1) is 12.5. The van der Waals surface area contributed by atoms with E-state index in [1.165, 1.54) is 0 Å². The average Bonchev–Trinajstić information content (AvgIpc) is 2.43. The fourth-order valence-corrected chi connectivity index (χ4v) is 3.46. The molecule has 176 valence electrons. The first-order valence-electron chi connectivity index (χ1n) is 8.19. The second-order valence-corrected chi connectivity index (χ2v) is 9.54. The first kappa shape index (κ1) is 28.2. The molecular weight excluding hydrogens is 450 g/mol. The van der Waals surface area contributed by atoms with Crippen molar-refractivity contribution in [1.82, 2.24) is 4.72 Å². The number of hydrogen-bond donors (Lipinski definition) is 1. The molecule has 29 heavy (non-hydrogen) atoms. The van der Waals surface area contributed by atoms with Crippen molar-refractivity contribution >= 4 is 10.0 Å². The van der Waals surface area contributed by atoms with E-state index < -0.39 is 58.7 Å². The Labute approximate surface area is 161 Å². The van der Waals surface area contributed by atoms with E-state index in [2.05, 4.69) is 0 Å². The van der Waals surface area contributed by atoms with Gasteiger partial charge in [-0.25, -0.2) is 17.5 Å². The highest BCUT2D eigenvalue weighted by molar-refractivity contribution is 7.89. The molecule has 0 aromatic carbocycles. The predicted octanol–water partition coefficient (Wildman–Crippen LogP) is 3.79. The quantitative estimate of drug-likeness (QED) is 0.298. The molecular formula is C14H23F10N2O2S+. The number of quaternary nitrogens is 1. The van der Waals surface area contributed by atoms with Crippen LogP contribution in [0.25, 0.3) is 0 Å². The van der Waals surface area contributed by atoms with E-state index in [0.29, 0.717) is 11.0 Å². The Morgan fingerprint density at radius 3 is 1.66 bits per heavy atom. The molecule has 0 aliphatic heterocycles. The number of hydrogen-bond acceptors (Lipinski definition) is 2. The topological polar surface area (TPSA) is 46.2 Å². The highest BCUT2D eigenvalue weighted by Gasteiger charge is 2.73. The fourth-order valence-electron chi connectivity index (χ4n) is 2.26. The maximum absolute atomic E-state index is 13.6. The first-order valence-corrected chi connectivity index (χ1v) is 9.84. The van der Waals surface area contributed by atoms with Gasteiger partial charge in [-0.2, -0.15) is 39.5 Å². The summed E-state index contributed by atoms with van der Waals surface area (Å²) in [6.45, 7) is 0.294. The molecule has 1 unspecified atom stereocenters. The Morgan fingerprint density at radius 1 is 0.862 bits per heavy atom. The fraction of sp³-hybridized carbons (Fsp3) is 1.00. The minimum Gasteiger partial charge on any atom is -0.331 e. The second-order valence-electron chi connectivity index (χ2n) is 7.61. The van der Waals surface area contributed by atoms with Gasteiger partial charge in [0.15, 0.2) is 0 Å². The molecule has 0 fully saturated rings. The molecule has 0 saturated heterocycles. The molecule has 15 heteroatoms. The molecule has 0 amide bonds. The largest absolute Gasteiger partial charge is 0.431 e. The van der Waals surface area contributed by atoms with Crippen LogP contribution in [0.5, 0.6) is 0 Å². The normalized spacial score (nSPS) is 16.2. The van der Waals surface area contributed by atoms with Crippen molar-refractivity contribution in [2.75, 3.05) is 40.0 Å². The Bertz CT molecular complexity index is 606. The molecule has 0 bridgehead atoms. The lowest BCUT2D eigenvalue weighted by Crippen LogP contribution is -2.55. The molecule has 0 heterocycles. The summed E-state index contributed by atoms with van der Waals surface area (Å²) < 4.78 is 153. The van der Waals surface area contributed by atoms with Gasteiger partial charge in [-0.1, -0.05) is 0 Å². The summed E-state index contributed by atoms with van der Waals surface area (Å²) in [6.07, 6.45) is -23.4. The van der Waals surface area contributed by atoms with Gasteiger partial charge in [-0.05, 0) is 6.42 Å². The highest BCUT2D eigenvalue weighted by atomic mass is 32.2.